The van der Waals surface area contributed by atoms with Crippen LogP contribution in [-0.4, -0.2) is 32.7 Å². The van der Waals surface area contributed by atoms with E-state index in [2.05, 4.69) is 48.1 Å². The van der Waals surface area contributed by atoms with Crippen molar-refractivity contribution in [3.63, 3.8) is 0 Å². The number of amides is 1. The predicted molar refractivity (Wildman–Crippen MR) is 98.8 cm³/mol. The van der Waals surface area contributed by atoms with Crippen LogP contribution in [0.2, 0.25) is 0 Å². The fourth-order valence-corrected chi connectivity index (χ4v) is 4.73. The molecule has 2 saturated heterocycles. The minimum atomic E-state index is 0.187. The molecule has 2 aliphatic rings. The zero-order valence-corrected chi connectivity index (χ0v) is 15.4. The molecule has 0 saturated carbocycles. The lowest BCUT2D eigenvalue weighted by atomic mass is 9.84. The van der Waals surface area contributed by atoms with Crippen LogP contribution in [-0.2, 0) is 6.54 Å². The van der Waals surface area contributed by atoms with E-state index in [0.717, 1.165) is 43.5 Å². The molecular formula is C21H27N3O. The maximum atomic E-state index is 13.2. The monoisotopic (exact) mass is 337 g/mol. The van der Waals surface area contributed by atoms with Crippen molar-refractivity contribution in [2.75, 3.05) is 0 Å². The average Bonchev–Trinajstić information content (AvgIpc) is 3.11. The van der Waals surface area contributed by atoms with E-state index in [0.29, 0.717) is 18.0 Å². The highest BCUT2D eigenvalue weighted by atomic mass is 16.2. The molecule has 4 nitrogen and oxygen atoms in total. The molecule has 1 aromatic heterocycles. The van der Waals surface area contributed by atoms with Crippen molar-refractivity contribution in [2.24, 2.45) is 0 Å². The molecule has 3 heterocycles. The third-order valence-electron chi connectivity index (χ3n) is 6.15. The molecule has 1 amide bonds. The summed E-state index contributed by atoms with van der Waals surface area (Å²) in [4.78, 5) is 15.3. The van der Waals surface area contributed by atoms with Gasteiger partial charge < -0.3 is 4.90 Å². The molecule has 2 aliphatic heterocycles. The van der Waals surface area contributed by atoms with Gasteiger partial charge in [0.15, 0.2) is 0 Å². The molecule has 0 aliphatic carbocycles. The lowest BCUT2D eigenvalue weighted by molar-refractivity contribution is 0.0570. The van der Waals surface area contributed by atoms with Gasteiger partial charge in [0.25, 0.3) is 5.91 Å². The van der Waals surface area contributed by atoms with Gasteiger partial charge in [0.2, 0.25) is 0 Å². The summed E-state index contributed by atoms with van der Waals surface area (Å²) in [5.74, 6) is 0.772. The predicted octanol–water partition coefficient (Wildman–Crippen LogP) is 4.07. The number of rotatable bonds is 3. The van der Waals surface area contributed by atoms with Gasteiger partial charge in [-0.2, -0.15) is 5.10 Å². The number of hydrogen-bond donors (Lipinski definition) is 0. The highest BCUT2D eigenvalue weighted by Gasteiger charge is 2.44. The smallest absolute Gasteiger partial charge is 0.257 e. The van der Waals surface area contributed by atoms with Crippen LogP contribution in [0.3, 0.4) is 0 Å². The summed E-state index contributed by atoms with van der Waals surface area (Å²) in [6.07, 6.45) is 6.21. The number of aryl methyl sites for hydroxylation is 2. The fourth-order valence-electron chi connectivity index (χ4n) is 4.73. The highest BCUT2D eigenvalue weighted by Crippen LogP contribution is 2.43. The molecule has 2 aromatic rings. The van der Waals surface area contributed by atoms with Crippen LogP contribution in [0.15, 0.2) is 30.5 Å². The Labute approximate surface area is 149 Å². The molecule has 0 N–H and O–H groups in total. The van der Waals surface area contributed by atoms with Crippen LogP contribution in [0.1, 0.15) is 65.7 Å². The van der Waals surface area contributed by atoms with Crippen LogP contribution in [0.5, 0.6) is 0 Å². The topological polar surface area (TPSA) is 38.1 Å². The van der Waals surface area contributed by atoms with Crippen LogP contribution < -0.4 is 0 Å². The number of fused-ring (bicyclic) bond motifs is 2. The quantitative estimate of drug-likeness (QED) is 0.847. The van der Waals surface area contributed by atoms with E-state index in [9.17, 15) is 4.79 Å². The molecule has 2 unspecified atom stereocenters. The Morgan fingerprint density at radius 2 is 1.76 bits per heavy atom. The minimum absolute atomic E-state index is 0.187. The summed E-state index contributed by atoms with van der Waals surface area (Å²) in [6.45, 7) is 7.00. The first-order valence-corrected chi connectivity index (χ1v) is 9.50. The minimum Gasteiger partial charge on any atom is -0.333 e. The zero-order chi connectivity index (χ0) is 17.6. The number of carbonyl (C=O) groups is 1. The number of hydrogen-bond acceptors (Lipinski definition) is 2. The summed E-state index contributed by atoms with van der Waals surface area (Å²) in [5, 5.41) is 4.36. The number of nitrogens with zero attached hydrogens (tertiary/aromatic N) is 3. The molecule has 4 heteroatoms. The van der Waals surface area contributed by atoms with E-state index >= 15 is 0 Å². The molecule has 0 radical (unpaired) electrons. The van der Waals surface area contributed by atoms with Gasteiger partial charge in [-0.3, -0.25) is 9.48 Å². The van der Waals surface area contributed by atoms with Crippen molar-refractivity contribution < 1.29 is 4.79 Å². The van der Waals surface area contributed by atoms with Crippen molar-refractivity contribution in [3.05, 3.63) is 52.8 Å². The Hall–Kier alpha value is -2.10. The van der Waals surface area contributed by atoms with Crippen molar-refractivity contribution >= 4 is 5.91 Å². The lowest BCUT2D eigenvalue weighted by Gasteiger charge is -2.39. The van der Waals surface area contributed by atoms with Crippen LogP contribution >= 0.6 is 0 Å². The van der Waals surface area contributed by atoms with Crippen molar-refractivity contribution in [1.29, 1.82) is 0 Å². The second-order valence-corrected chi connectivity index (χ2v) is 7.64. The van der Waals surface area contributed by atoms with E-state index in [4.69, 9.17) is 0 Å². The number of piperidine rings is 1. The molecule has 1 aromatic carbocycles. The zero-order valence-electron chi connectivity index (χ0n) is 15.4. The summed E-state index contributed by atoms with van der Waals surface area (Å²) >= 11 is 0. The largest absolute Gasteiger partial charge is 0.333 e. The molecular weight excluding hydrogens is 310 g/mol. The summed E-state index contributed by atoms with van der Waals surface area (Å²) < 4.78 is 1.91. The van der Waals surface area contributed by atoms with E-state index in [-0.39, 0.29) is 5.91 Å². The van der Waals surface area contributed by atoms with Crippen molar-refractivity contribution in [2.45, 2.75) is 71.0 Å². The van der Waals surface area contributed by atoms with Gasteiger partial charge >= 0.3 is 0 Å². The third-order valence-corrected chi connectivity index (χ3v) is 6.15. The number of benzene rings is 1. The van der Waals surface area contributed by atoms with Gasteiger partial charge in [-0.05, 0) is 57.9 Å². The Morgan fingerprint density at radius 1 is 1.12 bits per heavy atom. The molecule has 2 fully saturated rings. The molecule has 132 valence electrons. The first-order chi connectivity index (χ1) is 12.1. The van der Waals surface area contributed by atoms with E-state index in [1.165, 1.54) is 11.1 Å². The van der Waals surface area contributed by atoms with Gasteiger partial charge in [-0.1, -0.05) is 29.8 Å². The van der Waals surface area contributed by atoms with Crippen LogP contribution in [0.25, 0.3) is 0 Å². The number of carbonyl (C=O) groups excluding carboxylic acids is 1. The van der Waals surface area contributed by atoms with Gasteiger partial charge in [-0.15, -0.1) is 0 Å². The maximum Gasteiger partial charge on any atom is 0.257 e. The van der Waals surface area contributed by atoms with Crippen molar-refractivity contribution in [1.82, 2.24) is 14.7 Å². The highest BCUT2D eigenvalue weighted by molar-refractivity contribution is 5.95. The van der Waals surface area contributed by atoms with Gasteiger partial charge in [0.1, 0.15) is 0 Å². The van der Waals surface area contributed by atoms with Crippen LogP contribution in [0, 0.1) is 13.8 Å². The Bertz CT molecular complexity index is 763. The number of aromatic nitrogens is 2. The normalized spacial score (nSPS) is 25.4. The standard InChI is InChI=1S/C21H27N3O/c1-4-23-15(3)20(13-22-23)21(25)24-18-9-10-19(24)12-17(11-18)16-7-5-14(2)6-8-16/h5-8,13,17-19H,4,9-12H2,1-3H3. The van der Waals surface area contributed by atoms with Gasteiger partial charge in [-0.25, -0.2) is 0 Å². The second-order valence-electron chi connectivity index (χ2n) is 7.64. The molecule has 0 spiro atoms. The first-order valence-electron chi connectivity index (χ1n) is 9.50. The summed E-state index contributed by atoms with van der Waals surface area (Å²) in [6, 6.07) is 9.71. The third kappa shape index (κ3) is 2.78. The summed E-state index contributed by atoms with van der Waals surface area (Å²) in [5.41, 5.74) is 4.52. The molecule has 2 atom stereocenters. The summed E-state index contributed by atoms with van der Waals surface area (Å²) in [7, 11) is 0. The van der Waals surface area contributed by atoms with Gasteiger partial charge in [0, 0.05) is 24.3 Å². The molecule has 4 rings (SSSR count). The SMILES string of the molecule is CCn1ncc(C(=O)N2C3CCC2CC(c2ccc(C)cc2)C3)c1C. The average molecular weight is 337 g/mol. The first kappa shape index (κ1) is 16.4. The van der Waals surface area contributed by atoms with E-state index in [1.54, 1.807) is 6.20 Å². The van der Waals surface area contributed by atoms with Crippen LogP contribution in [0.4, 0.5) is 0 Å². The Balaban J connectivity index is 1.55. The van der Waals surface area contributed by atoms with Gasteiger partial charge in [0.05, 0.1) is 11.8 Å². The van der Waals surface area contributed by atoms with E-state index in [1.807, 2.05) is 11.6 Å². The Morgan fingerprint density at radius 3 is 2.32 bits per heavy atom. The second kappa shape index (κ2) is 6.32. The maximum absolute atomic E-state index is 13.2. The fraction of sp³-hybridized carbons (Fsp3) is 0.524. The molecule has 25 heavy (non-hydrogen) atoms. The Kier molecular flexibility index (Phi) is 4.14. The lowest BCUT2D eigenvalue weighted by Crippen LogP contribution is -2.46. The van der Waals surface area contributed by atoms with E-state index < -0.39 is 0 Å². The molecule has 2 bridgehead atoms. The van der Waals surface area contributed by atoms with Crippen molar-refractivity contribution in [3.8, 4) is 0 Å².